The standard InChI is InChI=1S/C16H20O3/c1-10-8-12(9-11(2)16(10)19-3)15(18)13-6-4-5-7-14(13)17/h8-9,13H,4-7H2,1-3H3. The smallest absolute Gasteiger partial charge is 0.173 e. The maximum atomic E-state index is 12.5. The van der Waals surface area contributed by atoms with Gasteiger partial charge in [-0.05, 0) is 49.9 Å². The summed E-state index contributed by atoms with van der Waals surface area (Å²) < 4.78 is 5.30. The maximum Gasteiger partial charge on any atom is 0.173 e. The average molecular weight is 260 g/mol. The highest BCUT2D eigenvalue weighted by Gasteiger charge is 2.29. The Morgan fingerprint density at radius 2 is 1.84 bits per heavy atom. The van der Waals surface area contributed by atoms with Crippen molar-refractivity contribution in [3.63, 3.8) is 0 Å². The van der Waals surface area contributed by atoms with Gasteiger partial charge in [-0.15, -0.1) is 0 Å². The van der Waals surface area contributed by atoms with Gasteiger partial charge in [-0.1, -0.05) is 6.42 Å². The molecule has 0 spiro atoms. The van der Waals surface area contributed by atoms with Crippen molar-refractivity contribution in [2.45, 2.75) is 39.5 Å². The highest BCUT2D eigenvalue weighted by molar-refractivity contribution is 6.11. The summed E-state index contributed by atoms with van der Waals surface area (Å²) in [4.78, 5) is 24.3. The molecule has 0 aliphatic heterocycles. The molecule has 0 heterocycles. The van der Waals surface area contributed by atoms with E-state index in [1.165, 1.54) is 0 Å². The van der Waals surface area contributed by atoms with Crippen molar-refractivity contribution in [1.82, 2.24) is 0 Å². The number of benzene rings is 1. The van der Waals surface area contributed by atoms with E-state index in [0.717, 1.165) is 29.7 Å². The summed E-state index contributed by atoms with van der Waals surface area (Å²) in [5.41, 5.74) is 2.51. The Balaban J connectivity index is 2.31. The molecule has 1 aromatic rings. The summed E-state index contributed by atoms with van der Waals surface area (Å²) in [6, 6.07) is 3.66. The minimum atomic E-state index is -0.430. The molecule has 0 amide bonds. The lowest BCUT2D eigenvalue weighted by Gasteiger charge is -2.20. The Hall–Kier alpha value is -1.64. The van der Waals surface area contributed by atoms with Crippen LogP contribution in [-0.4, -0.2) is 18.7 Å². The van der Waals surface area contributed by atoms with Crippen LogP contribution in [0.3, 0.4) is 0 Å². The normalized spacial score (nSPS) is 19.3. The van der Waals surface area contributed by atoms with Crippen molar-refractivity contribution in [1.29, 1.82) is 0 Å². The largest absolute Gasteiger partial charge is 0.496 e. The number of carbonyl (C=O) groups is 2. The molecular formula is C16H20O3. The number of ether oxygens (including phenoxy) is 1. The molecule has 1 unspecified atom stereocenters. The third-order valence-electron chi connectivity index (χ3n) is 3.82. The highest BCUT2D eigenvalue weighted by atomic mass is 16.5. The third-order valence-corrected chi connectivity index (χ3v) is 3.82. The number of Topliss-reactive ketones (excluding diaryl/α,β-unsaturated/α-hetero) is 2. The molecule has 1 atom stereocenters. The molecule has 0 aromatic heterocycles. The second-order valence-corrected chi connectivity index (χ2v) is 5.27. The molecule has 0 N–H and O–H groups in total. The first-order valence-corrected chi connectivity index (χ1v) is 6.76. The molecule has 0 bridgehead atoms. The van der Waals surface area contributed by atoms with Gasteiger partial charge in [0.05, 0.1) is 13.0 Å². The number of aryl methyl sites for hydroxylation is 2. The van der Waals surface area contributed by atoms with E-state index in [1.807, 2.05) is 26.0 Å². The van der Waals surface area contributed by atoms with Gasteiger partial charge in [0.15, 0.2) is 5.78 Å². The summed E-state index contributed by atoms with van der Waals surface area (Å²) in [7, 11) is 1.63. The predicted molar refractivity (Wildman–Crippen MR) is 73.8 cm³/mol. The lowest BCUT2D eigenvalue weighted by molar-refractivity contribution is -0.122. The second-order valence-electron chi connectivity index (χ2n) is 5.27. The Morgan fingerprint density at radius 3 is 2.37 bits per heavy atom. The van der Waals surface area contributed by atoms with Crippen LogP contribution < -0.4 is 4.74 Å². The minimum Gasteiger partial charge on any atom is -0.496 e. The van der Waals surface area contributed by atoms with Gasteiger partial charge in [-0.2, -0.15) is 0 Å². The summed E-state index contributed by atoms with van der Waals surface area (Å²) in [5.74, 6) is 0.452. The average Bonchev–Trinajstić information content (AvgIpc) is 2.38. The fourth-order valence-corrected chi connectivity index (χ4v) is 2.88. The van der Waals surface area contributed by atoms with E-state index in [4.69, 9.17) is 4.74 Å². The first-order valence-electron chi connectivity index (χ1n) is 6.76. The van der Waals surface area contributed by atoms with Crippen LogP contribution >= 0.6 is 0 Å². The quantitative estimate of drug-likeness (QED) is 0.619. The van der Waals surface area contributed by atoms with E-state index in [2.05, 4.69) is 0 Å². The van der Waals surface area contributed by atoms with Gasteiger partial charge in [-0.25, -0.2) is 0 Å². The van der Waals surface area contributed by atoms with Crippen molar-refractivity contribution >= 4 is 11.6 Å². The van der Waals surface area contributed by atoms with Crippen LogP contribution in [-0.2, 0) is 4.79 Å². The number of hydrogen-bond donors (Lipinski definition) is 0. The fourth-order valence-electron chi connectivity index (χ4n) is 2.88. The van der Waals surface area contributed by atoms with E-state index >= 15 is 0 Å². The molecule has 1 aromatic carbocycles. The summed E-state index contributed by atoms with van der Waals surface area (Å²) in [6.45, 7) is 3.84. The number of hydrogen-bond acceptors (Lipinski definition) is 3. The van der Waals surface area contributed by atoms with Gasteiger partial charge in [-0.3, -0.25) is 9.59 Å². The Kier molecular flexibility index (Phi) is 4.03. The molecule has 1 saturated carbocycles. The Morgan fingerprint density at radius 1 is 1.21 bits per heavy atom. The van der Waals surface area contributed by atoms with E-state index in [0.29, 0.717) is 18.4 Å². The molecule has 3 heteroatoms. The molecule has 1 fully saturated rings. The van der Waals surface area contributed by atoms with E-state index in [9.17, 15) is 9.59 Å². The van der Waals surface area contributed by atoms with Gasteiger partial charge in [0.25, 0.3) is 0 Å². The van der Waals surface area contributed by atoms with E-state index in [-0.39, 0.29) is 11.6 Å². The topological polar surface area (TPSA) is 43.4 Å². The molecule has 1 aliphatic rings. The van der Waals surface area contributed by atoms with Crippen LogP contribution in [0.1, 0.15) is 47.2 Å². The molecule has 1 aliphatic carbocycles. The molecule has 0 radical (unpaired) electrons. The van der Waals surface area contributed by atoms with Crippen LogP contribution in [0.5, 0.6) is 5.75 Å². The first-order chi connectivity index (χ1) is 9.04. The lowest BCUT2D eigenvalue weighted by atomic mass is 9.82. The van der Waals surface area contributed by atoms with Crippen LogP contribution in [0.4, 0.5) is 0 Å². The van der Waals surface area contributed by atoms with Crippen molar-refractivity contribution < 1.29 is 14.3 Å². The zero-order valence-corrected chi connectivity index (χ0v) is 11.8. The highest BCUT2D eigenvalue weighted by Crippen LogP contribution is 2.28. The number of carbonyl (C=O) groups excluding carboxylic acids is 2. The molecule has 19 heavy (non-hydrogen) atoms. The van der Waals surface area contributed by atoms with Gasteiger partial charge >= 0.3 is 0 Å². The summed E-state index contributed by atoms with van der Waals surface area (Å²) in [5, 5.41) is 0. The van der Waals surface area contributed by atoms with E-state index < -0.39 is 5.92 Å². The zero-order valence-electron chi connectivity index (χ0n) is 11.8. The van der Waals surface area contributed by atoms with Gasteiger partial charge in [0.1, 0.15) is 11.5 Å². The second kappa shape index (κ2) is 5.55. The van der Waals surface area contributed by atoms with Crippen molar-refractivity contribution in [2.24, 2.45) is 5.92 Å². The molecule has 0 saturated heterocycles. The van der Waals surface area contributed by atoms with Gasteiger partial charge in [0.2, 0.25) is 0 Å². The number of rotatable bonds is 3. The van der Waals surface area contributed by atoms with Crippen LogP contribution in [0.25, 0.3) is 0 Å². The van der Waals surface area contributed by atoms with E-state index in [1.54, 1.807) is 7.11 Å². The number of ketones is 2. The third kappa shape index (κ3) is 2.70. The first kappa shape index (κ1) is 13.8. The summed E-state index contributed by atoms with van der Waals surface area (Å²) >= 11 is 0. The van der Waals surface area contributed by atoms with Crippen molar-refractivity contribution in [3.05, 3.63) is 28.8 Å². The minimum absolute atomic E-state index is 0.0291. The molecule has 3 nitrogen and oxygen atoms in total. The van der Waals surface area contributed by atoms with Crippen LogP contribution in [0.2, 0.25) is 0 Å². The SMILES string of the molecule is COc1c(C)cc(C(=O)C2CCCCC2=O)cc1C. The molecular weight excluding hydrogens is 240 g/mol. The van der Waals surface area contributed by atoms with Crippen molar-refractivity contribution in [2.75, 3.05) is 7.11 Å². The maximum absolute atomic E-state index is 12.5. The number of methoxy groups -OCH3 is 1. The van der Waals surface area contributed by atoms with Crippen molar-refractivity contribution in [3.8, 4) is 5.75 Å². The van der Waals surface area contributed by atoms with Gasteiger partial charge in [0, 0.05) is 12.0 Å². The van der Waals surface area contributed by atoms with Gasteiger partial charge < -0.3 is 4.74 Å². The van der Waals surface area contributed by atoms with Crippen LogP contribution in [0, 0.1) is 19.8 Å². The Bertz CT molecular complexity index is 494. The fraction of sp³-hybridized carbons (Fsp3) is 0.500. The Labute approximate surface area is 114 Å². The molecule has 2 rings (SSSR count). The van der Waals surface area contributed by atoms with Crippen LogP contribution in [0.15, 0.2) is 12.1 Å². The lowest BCUT2D eigenvalue weighted by Crippen LogP contribution is -2.27. The summed E-state index contributed by atoms with van der Waals surface area (Å²) in [6.07, 6.45) is 3.13. The monoisotopic (exact) mass is 260 g/mol. The molecule has 102 valence electrons. The zero-order chi connectivity index (χ0) is 14.0. The predicted octanol–water partition coefficient (Wildman–Crippen LogP) is 3.25.